The van der Waals surface area contributed by atoms with Crippen LogP contribution in [0.4, 0.5) is 13.2 Å². The Bertz CT molecular complexity index is 1280. The van der Waals surface area contributed by atoms with E-state index in [2.05, 4.69) is 0 Å². The number of carbonyl (C=O) groups excluding carboxylic acids is 3. The lowest BCUT2D eigenvalue weighted by atomic mass is 10.2. The molecule has 0 saturated heterocycles. The van der Waals surface area contributed by atoms with Gasteiger partial charge in [0.1, 0.15) is 34.7 Å². The fourth-order valence-corrected chi connectivity index (χ4v) is 3.09. The van der Waals surface area contributed by atoms with Crippen molar-refractivity contribution in [1.29, 1.82) is 0 Å². The van der Waals surface area contributed by atoms with E-state index in [9.17, 15) is 27.6 Å². The lowest BCUT2D eigenvalue weighted by molar-refractivity contribution is 0.0726. The van der Waals surface area contributed by atoms with Crippen molar-refractivity contribution in [2.24, 2.45) is 0 Å². The molecule has 9 heteroatoms. The summed E-state index contributed by atoms with van der Waals surface area (Å²) in [5.41, 5.74) is -1.14. The summed E-state index contributed by atoms with van der Waals surface area (Å²) >= 11 is 0. The summed E-state index contributed by atoms with van der Waals surface area (Å²) in [5, 5.41) is 0. The first-order valence-corrected chi connectivity index (χ1v) is 10.4. The summed E-state index contributed by atoms with van der Waals surface area (Å²) in [4.78, 5) is 37.4. The Kier molecular flexibility index (Phi) is 7.10. The number of carbonyl (C=O) groups is 3. The quantitative estimate of drug-likeness (QED) is 0.252. The van der Waals surface area contributed by atoms with Gasteiger partial charge in [0.2, 0.25) is 0 Å². The molecule has 0 spiro atoms. The van der Waals surface area contributed by atoms with Crippen molar-refractivity contribution in [3.63, 3.8) is 0 Å². The number of ether oxygens (including phenoxy) is 3. The van der Waals surface area contributed by atoms with E-state index in [4.69, 9.17) is 14.2 Å². The predicted octanol–water partition coefficient (Wildman–Crippen LogP) is 5.76. The highest BCUT2D eigenvalue weighted by molar-refractivity contribution is 5.93. The maximum absolute atomic E-state index is 14.0. The zero-order valence-electron chi connectivity index (χ0n) is 18.2. The smallest absolute Gasteiger partial charge is 0.346 e. The summed E-state index contributed by atoms with van der Waals surface area (Å²) < 4.78 is 57.5. The van der Waals surface area contributed by atoms with Gasteiger partial charge in [-0.25, -0.2) is 27.6 Å². The van der Waals surface area contributed by atoms with E-state index in [0.29, 0.717) is 0 Å². The fourth-order valence-electron chi connectivity index (χ4n) is 3.09. The molecule has 4 aromatic rings. The fraction of sp³-hybridized carbons (Fsp3) is 0. The first-order chi connectivity index (χ1) is 17.3. The summed E-state index contributed by atoms with van der Waals surface area (Å²) in [5.74, 6) is -6.65. The van der Waals surface area contributed by atoms with Crippen molar-refractivity contribution < 1.29 is 41.8 Å². The van der Waals surface area contributed by atoms with Gasteiger partial charge in [-0.3, -0.25) is 0 Å². The van der Waals surface area contributed by atoms with Crippen LogP contribution in [-0.2, 0) is 0 Å². The van der Waals surface area contributed by atoms with Gasteiger partial charge < -0.3 is 14.2 Å². The molecule has 0 aliphatic heterocycles. The van der Waals surface area contributed by atoms with E-state index in [1.54, 1.807) is 0 Å². The highest BCUT2D eigenvalue weighted by Gasteiger charge is 2.20. The molecule has 6 nitrogen and oxygen atoms in total. The Labute approximate surface area is 202 Å². The average Bonchev–Trinajstić information content (AvgIpc) is 2.84. The van der Waals surface area contributed by atoms with Crippen LogP contribution in [0.15, 0.2) is 91.0 Å². The van der Waals surface area contributed by atoms with E-state index in [-0.39, 0.29) is 33.9 Å². The van der Waals surface area contributed by atoms with Crippen LogP contribution in [0.2, 0.25) is 0 Å². The molecule has 4 rings (SSSR count). The second-order valence-electron chi connectivity index (χ2n) is 7.25. The maximum atomic E-state index is 14.0. The molecule has 0 amide bonds. The molecular formula is C27H15F3O6. The molecule has 0 aliphatic carbocycles. The van der Waals surface area contributed by atoms with Crippen LogP contribution in [0, 0.1) is 17.5 Å². The number of rotatable bonds is 6. The second kappa shape index (κ2) is 10.6. The normalized spacial score (nSPS) is 10.4. The number of esters is 3. The molecule has 0 bridgehead atoms. The van der Waals surface area contributed by atoms with Crippen molar-refractivity contribution in [1.82, 2.24) is 0 Å². The average molecular weight is 492 g/mol. The molecule has 4 aromatic carbocycles. The SMILES string of the molecule is O=C(Oc1cc(OC(=O)c2ccccc2F)cc(OC(=O)c2ccccc2F)c1)c1ccccc1F. The van der Waals surface area contributed by atoms with E-state index in [1.807, 2.05) is 0 Å². The molecule has 0 heterocycles. The zero-order chi connectivity index (χ0) is 25.7. The second-order valence-corrected chi connectivity index (χ2v) is 7.25. The highest BCUT2D eigenvalue weighted by atomic mass is 19.1. The standard InChI is InChI=1S/C27H15F3O6/c28-22-10-4-1-7-19(22)25(31)34-16-13-17(35-26(32)20-8-2-5-11-23(20)29)15-18(14-16)36-27(33)21-9-3-6-12-24(21)30/h1-15H. The molecule has 0 fully saturated rings. The van der Waals surface area contributed by atoms with Gasteiger partial charge in [0.05, 0.1) is 16.7 Å². The van der Waals surface area contributed by atoms with Gasteiger partial charge in [-0.2, -0.15) is 0 Å². The van der Waals surface area contributed by atoms with Crippen LogP contribution in [0.5, 0.6) is 17.2 Å². The van der Waals surface area contributed by atoms with Gasteiger partial charge in [0.15, 0.2) is 0 Å². The Morgan fingerprint density at radius 3 is 0.944 bits per heavy atom. The van der Waals surface area contributed by atoms with E-state index < -0.39 is 35.4 Å². The van der Waals surface area contributed by atoms with Crippen LogP contribution in [0.1, 0.15) is 31.1 Å². The molecule has 0 unspecified atom stereocenters. The monoisotopic (exact) mass is 492 g/mol. The topological polar surface area (TPSA) is 78.9 Å². The van der Waals surface area contributed by atoms with Crippen LogP contribution < -0.4 is 14.2 Å². The third-order valence-electron chi connectivity index (χ3n) is 4.77. The third kappa shape index (κ3) is 5.58. The Balaban J connectivity index is 1.65. The van der Waals surface area contributed by atoms with Gasteiger partial charge in [-0.1, -0.05) is 36.4 Å². The minimum atomic E-state index is -1.09. The Hall–Kier alpha value is -4.92. The highest BCUT2D eigenvalue weighted by Crippen LogP contribution is 2.30. The number of hydrogen-bond donors (Lipinski definition) is 0. The summed E-state index contributed by atoms with van der Waals surface area (Å²) in [7, 11) is 0. The molecule has 180 valence electrons. The van der Waals surface area contributed by atoms with Crippen LogP contribution in [0.25, 0.3) is 0 Å². The van der Waals surface area contributed by atoms with Gasteiger partial charge in [-0.05, 0) is 36.4 Å². The Morgan fingerprint density at radius 2 is 0.694 bits per heavy atom. The van der Waals surface area contributed by atoms with Gasteiger partial charge in [0, 0.05) is 18.2 Å². The lowest BCUT2D eigenvalue weighted by Gasteiger charge is -2.12. The molecule has 0 atom stereocenters. The first-order valence-electron chi connectivity index (χ1n) is 10.4. The van der Waals surface area contributed by atoms with Crippen molar-refractivity contribution in [3.05, 3.63) is 125 Å². The molecule has 0 N–H and O–H groups in total. The van der Waals surface area contributed by atoms with Crippen molar-refractivity contribution >= 4 is 17.9 Å². The van der Waals surface area contributed by atoms with Crippen LogP contribution >= 0.6 is 0 Å². The van der Waals surface area contributed by atoms with Gasteiger partial charge >= 0.3 is 17.9 Å². The van der Waals surface area contributed by atoms with E-state index >= 15 is 0 Å². The first kappa shape index (κ1) is 24.2. The van der Waals surface area contributed by atoms with E-state index in [0.717, 1.165) is 36.4 Å². The van der Waals surface area contributed by atoms with Crippen molar-refractivity contribution in [2.45, 2.75) is 0 Å². The minimum Gasteiger partial charge on any atom is -0.423 e. The molecular weight excluding hydrogens is 477 g/mol. The van der Waals surface area contributed by atoms with Gasteiger partial charge in [0.25, 0.3) is 0 Å². The summed E-state index contributed by atoms with van der Waals surface area (Å²) in [6.07, 6.45) is 0. The molecule has 0 aliphatic rings. The van der Waals surface area contributed by atoms with Crippen molar-refractivity contribution in [2.75, 3.05) is 0 Å². The van der Waals surface area contributed by atoms with Gasteiger partial charge in [-0.15, -0.1) is 0 Å². The van der Waals surface area contributed by atoms with Crippen LogP contribution in [0.3, 0.4) is 0 Å². The number of halogens is 3. The minimum absolute atomic E-state index is 0.293. The lowest BCUT2D eigenvalue weighted by Crippen LogP contribution is -2.14. The third-order valence-corrected chi connectivity index (χ3v) is 4.77. The maximum Gasteiger partial charge on any atom is 0.346 e. The number of hydrogen-bond acceptors (Lipinski definition) is 6. The molecule has 0 radical (unpaired) electrons. The molecule has 36 heavy (non-hydrogen) atoms. The van der Waals surface area contributed by atoms with Crippen molar-refractivity contribution in [3.8, 4) is 17.2 Å². The summed E-state index contributed by atoms with van der Waals surface area (Å²) in [6.45, 7) is 0. The molecule has 0 aromatic heterocycles. The number of benzene rings is 4. The van der Waals surface area contributed by atoms with Crippen LogP contribution in [-0.4, -0.2) is 17.9 Å². The zero-order valence-corrected chi connectivity index (χ0v) is 18.2. The largest absolute Gasteiger partial charge is 0.423 e. The Morgan fingerprint density at radius 1 is 0.444 bits per heavy atom. The summed E-state index contributed by atoms with van der Waals surface area (Å²) in [6, 6.07) is 18.4. The predicted molar refractivity (Wildman–Crippen MR) is 121 cm³/mol. The molecule has 0 saturated carbocycles. The van der Waals surface area contributed by atoms with E-state index in [1.165, 1.54) is 54.6 Å².